The van der Waals surface area contributed by atoms with Crippen molar-refractivity contribution in [3.8, 4) is 5.75 Å². The minimum atomic E-state index is -2.90. The van der Waals surface area contributed by atoms with Crippen LogP contribution in [0.1, 0.15) is 18.5 Å². The Bertz CT molecular complexity index is 622. The molecular weight excluding hydrogens is 303 g/mol. The summed E-state index contributed by atoms with van der Waals surface area (Å²) in [5.41, 5.74) is 1.15. The first-order valence-corrected chi connectivity index (χ1v) is 6.60. The molecule has 0 saturated heterocycles. The summed E-state index contributed by atoms with van der Waals surface area (Å²) in [6.07, 6.45) is 0. The predicted molar refractivity (Wildman–Crippen MR) is 76.5 cm³/mol. The van der Waals surface area contributed by atoms with Gasteiger partial charge in [0.2, 0.25) is 0 Å². The van der Waals surface area contributed by atoms with Gasteiger partial charge in [0.25, 0.3) is 0 Å². The average Bonchev–Trinajstić information content (AvgIpc) is 2.43. The van der Waals surface area contributed by atoms with Gasteiger partial charge in [0.15, 0.2) is 0 Å². The maximum atomic E-state index is 13.1. The second kappa shape index (κ2) is 6.72. The third-order valence-electron chi connectivity index (χ3n) is 2.92. The van der Waals surface area contributed by atoms with Crippen molar-refractivity contribution in [2.45, 2.75) is 19.6 Å². The van der Waals surface area contributed by atoms with Crippen LogP contribution in [0.15, 0.2) is 42.5 Å². The van der Waals surface area contributed by atoms with Crippen LogP contribution >= 0.6 is 11.6 Å². The lowest BCUT2D eigenvalue weighted by Gasteiger charge is -2.18. The molecule has 0 spiro atoms. The lowest BCUT2D eigenvalue weighted by Crippen LogP contribution is -2.10. The molecule has 2 aromatic rings. The van der Waals surface area contributed by atoms with E-state index in [0.29, 0.717) is 5.69 Å². The summed E-state index contributed by atoms with van der Waals surface area (Å²) in [5.74, 6) is -0.457. The van der Waals surface area contributed by atoms with Crippen LogP contribution < -0.4 is 10.1 Å². The molecule has 0 radical (unpaired) electrons. The van der Waals surface area contributed by atoms with Crippen molar-refractivity contribution in [1.82, 2.24) is 0 Å². The Hall–Kier alpha value is -1.88. The quantitative estimate of drug-likeness (QED) is 0.813. The number of alkyl halides is 2. The van der Waals surface area contributed by atoms with Gasteiger partial charge in [-0.25, -0.2) is 4.39 Å². The predicted octanol–water partition coefficient (Wildman–Crippen LogP) is 5.25. The van der Waals surface area contributed by atoms with E-state index in [0.717, 1.165) is 5.56 Å². The van der Waals surface area contributed by atoms with Gasteiger partial charge in [-0.2, -0.15) is 8.78 Å². The molecule has 21 heavy (non-hydrogen) atoms. The summed E-state index contributed by atoms with van der Waals surface area (Å²) in [7, 11) is 0. The Morgan fingerprint density at radius 1 is 1.14 bits per heavy atom. The van der Waals surface area contributed by atoms with E-state index in [1.807, 2.05) is 6.92 Å². The van der Waals surface area contributed by atoms with E-state index < -0.39 is 12.4 Å². The zero-order valence-electron chi connectivity index (χ0n) is 11.1. The number of para-hydroxylation sites is 2. The number of benzene rings is 2. The van der Waals surface area contributed by atoms with E-state index in [-0.39, 0.29) is 16.8 Å². The van der Waals surface area contributed by atoms with Crippen LogP contribution in [0, 0.1) is 5.82 Å². The summed E-state index contributed by atoms with van der Waals surface area (Å²) in [5, 5.41) is 3.05. The first-order chi connectivity index (χ1) is 9.97. The van der Waals surface area contributed by atoms with Gasteiger partial charge in [0.05, 0.1) is 10.7 Å². The molecule has 0 aromatic heterocycles. The van der Waals surface area contributed by atoms with Crippen molar-refractivity contribution >= 4 is 17.3 Å². The van der Waals surface area contributed by atoms with E-state index in [1.165, 1.54) is 18.2 Å². The van der Waals surface area contributed by atoms with E-state index in [1.54, 1.807) is 24.3 Å². The fourth-order valence-corrected chi connectivity index (χ4v) is 2.07. The Morgan fingerprint density at radius 3 is 2.52 bits per heavy atom. The number of halogens is 4. The van der Waals surface area contributed by atoms with E-state index >= 15 is 0 Å². The number of ether oxygens (including phenoxy) is 1. The maximum Gasteiger partial charge on any atom is 0.387 e. The molecule has 0 saturated carbocycles. The molecular formula is C15H13ClF3NO. The smallest absolute Gasteiger partial charge is 0.387 e. The number of rotatable bonds is 5. The van der Waals surface area contributed by atoms with Crippen molar-refractivity contribution < 1.29 is 17.9 Å². The number of hydrogen-bond acceptors (Lipinski definition) is 2. The second-order valence-corrected chi connectivity index (χ2v) is 4.82. The molecule has 2 aromatic carbocycles. The highest BCUT2D eigenvalue weighted by Crippen LogP contribution is 2.30. The summed E-state index contributed by atoms with van der Waals surface area (Å²) in [6.45, 7) is -1.09. The third-order valence-corrected chi connectivity index (χ3v) is 3.21. The zero-order valence-corrected chi connectivity index (χ0v) is 11.9. The largest absolute Gasteiger partial charge is 0.433 e. The standard InChI is InChI=1S/C15H13ClF3NO/c1-9(10-6-7-12(17)11(16)8-10)20-13-4-2-3-5-14(13)21-15(18)19/h2-9,15,20H,1H3. The van der Waals surface area contributed by atoms with Gasteiger partial charge < -0.3 is 10.1 Å². The number of anilines is 1. The van der Waals surface area contributed by atoms with E-state index in [4.69, 9.17) is 11.6 Å². The molecule has 2 nitrogen and oxygen atoms in total. The molecule has 1 atom stereocenters. The molecule has 0 heterocycles. The summed E-state index contributed by atoms with van der Waals surface area (Å²) in [6, 6.07) is 10.4. The Kier molecular flexibility index (Phi) is 4.96. The average molecular weight is 316 g/mol. The van der Waals surface area contributed by atoms with Gasteiger partial charge in [0, 0.05) is 6.04 Å². The van der Waals surface area contributed by atoms with Crippen molar-refractivity contribution in [3.63, 3.8) is 0 Å². The van der Waals surface area contributed by atoms with Gasteiger partial charge in [-0.3, -0.25) is 0 Å². The monoisotopic (exact) mass is 315 g/mol. The Morgan fingerprint density at radius 2 is 1.86 bits per heavy atom. The Labute approximate surface area is 125 Å². The van der Waals surface area contributed by atoms with Crippen LogP contribution in [-0.4, -0.2) is 6.61 Å². The van der Waals surface area contributed by atoms with Crippen molar-refractivity contribution in [2.24, 2.45) is 0 Å². The molecule has 0 bridgehead atoms. The molecule has 6 heteroatoms. The van der Waals surface area contributed by atoms with Crippen LogP contribution in [0.25, 0.3) is 0 Å². The fraction of sp³-hybridized carbons (Fsp3) is 0.200. The minimum absolute atomic E-state index is 0.0123. The van der Waals surface area contributed by atoms with E-state index in [2.05, 4.69) is 10.1 Å². The van der Waals surface area contributed by atoms with Crippen LogP contribution in [0.5, 0.6) is 5.75 Å². The number of nitrogens with one attached hydrogen (secondary N) is 1. The third kappa shape index (κ3) is 4.04. The van der Waals surface area contributed by atoms with E-state index in [9.17, 15) is 13.2 Å². The second-order valence-electron chi connectivity index (χ2n) is 4.41. The van der Waals surface area contributed by atoms with Gasteiger partial charge in [-0.05, 0) is 36.8 Å². The summed E-state index contributed by atoms with van der Waals surface area (Å²) in [4.78, 5) is 0. The SMILES string of the molecule is CC(Nc1ccccc1OC(F)F)c1ccc(F)c(Cl)c1. The molecule has 2 rings (SSSR count). The van der Waals surface area contributed by atoms with Crippen LogP contribution in [0.3, 0.4) is 0 Å². The van der Waals surface area contributed by atoms with Gasteiger partial charge in [0.1, 0.15) is 11.6 Å². The highest BCUT2D eigenvalue weighted by atomic mass is 35.5. The van der Waals surface area contributed by atoms with Crippen molar-refractivity contribution in [1.29, 1.82) is 0 Å². The van der Waals surface area contributed by atoms with Crippen LogP contribution in [0.4, 0.5) is 18.9 Å². The first-order valence-electron chi connectivity index (χ1n) is 6.22. The van der Waals surface area contributed by atoms with Gasteiger partial charge in [-0.15, -0.1) is 0 Å². The maximum absolute atomic E-state index is 13.1. The molecule has 0 aliphatic rings. The summed E-state index contributed by atoms with van der Waals surface area (Å²) >= 11 is 5.73. The Balaban J connectivity index is 2.19. The minimum Gasteiger partial charge on any atom is -0.433 e. The van der Waals surface area contributed by atoms with Gasteiger partial charge in [-0.1, -0.05) is 29.8 Å². The molecule has 0 fully saturated rings. The normalized spacial score (nSPS) is 12.3. The lowest BCUT2D eigenvalue weighted by molar-refractivity contribution is -0.0493. The summed E-state index contributed by atoms with van der Waals surface area (Å²) < 4.78 is 42.3. The molecule has 0 amide bonds. The molecule has 0 aliphatic carbocycles. The number of hydrogen-bond donors (Lipinski definition) is 1. The highest BCUT2D eigenvalue weighted by Gasteiger charge is 2.13. The molecule has 1 N–H and O–H groups in total. The van der Waals surface area contributed by atoms with Crippen LogP contribution in [-0.2, 0) is 0 Å². The zero-order chi connectivity index (χ0) is 15.4. The fourth-order valence-electron chi connectivity index (χ4n) is 1.88. The van der Waals surface area contributed by atoms with Crippen LogP contribution in [0.2, 0.25) is 5.02 Å². The first kappa shape index (κ1) is 15.5. The highest BCUT2D eigenvalue weighted by molar-refractivity contribution is 6.30. The topological polar surface area (TPSA) is 21.3 Å². The van der Waals surface area contributed by atoms with Gasteiger partial charge >= 0.3 is 6.61 Å². The molecule has 1 unspecified atom stereocenters. The van der Waals surface area contributed by atoms with Crippen molar-refractivity contribution in [3.05, 3.63) is 58.9 Å². The van der Waals surface area contributed by atoms with Crippen molar-refractivity contribution in [2.75, 3.05) is 5.32 Å². The molecule has 0 aliphatic heterocycles. The molecule has 112 valence electrons. The lowest BCUT2D eigenvalue weighted by atomic mass is 10.1.